The molecule has 1 heterocycles. The van der Waals surface area contributed by atoms with Crippen LogP contribution in [0, 0.1) is 22.7 Å². The lowest BCUT2D eigenvalue weighted by molar-refractivity contribution is -0.128. The third-order valence-corrected chi connectivity index (χ3v) is 6.60. The Bertz CT molecular complexity index is 996. The standard InChI is InChI=1S/C24H23ClN2O2/c25-20-7-2-6-19(14-20)22(28)13-17-5-3-9-24(15-17)10-11-27(23(24)29)21-8-1-4-18(12-21)16-26/h1-2,4,6-8,12,14,17H,3,5,9-11,13,15H2/t17-,24+/m1/s1. The van der Waals surface area contributed by atoms with Crippen molar-refractivity contribution >= 4 is 29.0 Å². The number of hydrogen-bond acceptors (Lipinski definition) is 3. The van der Waals surface area contributed by atoms with E-state index in [1.807, 2.05) is 17.0 Å². The quantitative estimate of drug-likeness (QED) is 0.639. The van der Waals surface area contributed by atoms with Gasteiger partial charge in [-0.3, -0.25) is 9.59 Å². The summed E-state index contributed by atoms with van der Waals surface area (Å²) in [4.78, 5) is 27.9. The number of Topliss-reactive ketones (excluding diaryl/α,β-unsaturated/α-hetero) is 1. The highest BCUT2D eigenvalue weighted by Crippen LogP contribution is 2.48. The minimum Gasteiger partial charge on any atom is -0.312 e. The molecule has 29 heavy (non-hydrogen) atoms. The third-order valence-electron chi connectivity index (χ3n) is 6.37. The van der Waals surface area contributed by atoms with E-state index in [9.17, 15) is 9.59 Å². The van der Waals surface area contributed by atoms with Gasteiger partial charge in [0.05, 0.1) is 17.0 Å². The molecule has 0 radical (unpaired) electrons. The Labute approximate surface area is 176 Å². The van der Waals surface area contributed by atoms with Crippen molar-refractivity contribution < 1.29 is 9.59 Å². The van der Waals surface area contributed by atoms with Gasteiger partial charge in [-0.15, -0.1) is 0 Å². The molecule has 2 aromatic rings. The van der Waals surface area contributed by atoms with Gasteiger partial charge < -0.3 is 4.90 Å². The highest BCUT2D eigenvalue weighted by molar-refractivity contribution is 6.31. The highest BCUT2D eigenvalue weighted by atomic mass is 35.5. The van der Waals surface area contributed by atoms with Gasteiger partial charge in [-0.25, -0.2) is 0 Å². The third kappa shape index (κ3) is 3.93. The highest BCUT2D eigenvalue weighted by Gasteiger charge is 2.49. The Hall–Kier alpha value is -2.64. The van der Waals surface area contributed by atoms with Crippen LogP contribution in [0.25, 0.3) is 0 Å². The van der Waals surface area contributed by atoms with Gasteiger partial charge >= 0.3 is 0 Å². The molecule has 0 N–H and O–H groups in total. The summed E-state index contributed by atoms with van der Waals surface area (Å²) in [5, 5.41) is 9.72. The maximum atomic E-state index is 13.4. The second-order valence-electron chi connectivity index (χ2n) is 8.25. The van der Waals surface area contributed by atoms with Crippen molar-refractivity contribution in [2.45, 2.75) is 38.5 Å². The first-order valence-electron chi connectivity index (χ1n) is 10.1. The fourth-order valence-corrected chi connectivity index (χ4v) is 5.12. The molecule has 1 amide bonds. The molecule has 1 saturated carbocycles. The van der Waals surface area contributed by atoms with Crippen molar-refractivity contribution in [2.75, 3.05) is 11.4 Å². The molecule has 1 aliphatic heterocycles. The summed E-state index contributed by atoms with van der Waals surface area (Å²) >= 11 is 6.02. The SMILES string of the molecule is N#Cc1cccc(N2CC[C@]3(CCC[C@H](CC(=O)c4cccc(Cl)c4)C3)C2=O)c1. The topological polar surface area (TPSA) is 61.2 Å². The predicted octanol–water partition coefficient (Wildman–Crippen LogP) is 5.40. The molecule has 5 heteroatoms. The number of halogens is 1. The van der Waals surface area contributed by atoms with Gasteiger partial charge in [-0.05, 0) is 61.9 Å². The van der Waals surface area contributed by atoms with Crippen molar-refractivity contribution in [1.29, 1.82) is 5.26 Å². The largest absolute Gasteiger partial charge is 0.312 e. The number of nitrogens with zero attached hydrogens (tertiary/aromatic N) is 2. The second-order valence-corrected chi connectivity index (χ2v) is 8.69. The van der Waals surface area contributed by atoms with Gasteiger partial charge in [0.15, 0.2) is 5.78 Å². The van der Waals surface area contributed by atoms with Gasteiger partial charge in [0, 0.05) is 29.2 Å². The molecule has 1 saturated heterocycles. The van der Waals surface area contributed by atoms with Gasteiger partial charge in [-0.2, -0.15) is 5.26 Å². The number of hydrogen-bond donors (Lipinski definition) is 0. The number of rotatable bonds is 4. The Morgan fingerprint density at radius 1 is 1.21 bits per heavy atom. The summed E-state index contributed by atoms with van der Waals surface area (Å²) in [5.74, 6) is 0.454. The lowest BCUT2D eigenvalue weighted by Crippen LogP contribution is -2.38. The van der Waals surface area contributed by atoms with E-state index in [-0.39, 0.29) is 23.0 Å². The van der Waals surface area contributed by atoms with E-state index >= 15 is 0 Å². The molecular formula is C24H23ClN2O2. The Morgan fingerprint density at radius 2 is 2.03 bits per heavy atom. The number of nitriles is 1. The normalized spacial score (nSPS) is 23.9. The van der Waals surface area contributed by atoms with E-state index in [1.54, 1.807) is 36.4 Å². The molecule has 148 valence electrons. The fraction of sp³-hybridized carbons (Fsp3) is 0.375. The van der Waals surface area contributed by atoms with E-state index in [0.717, 1.165) is 37.8 Å². The summed E-state index contributed by atoms with van der Waals surface area (Å²) in [6.45, 7) is 0.669. The molecular weight excluding hydrogens is 384 g/mol. The van der Waals surface area contributed by atoms with E-state index in [0.29, 0.717) is 29.1 Å². The number of carbonyl (C=O) groups excluding carboxylic acids is 2. The lowest BCUT2D eigenvalue weighted by atomic mass is 9.67. The van der Waals surface area contributed by atoms with Crippen LogP contribution in [0.1, 0.15) is 54.4 Å². The van der Waals surface area contributed by atoms with Crippen LogP contribution in [-0.4, -0.2) is 18.2 Å². The van der Waals surface area contributed by atoms with Crippen LogP contribution in [0.3, 0.4) is 0 Å². The molecule has 1 aliphatic carbocycles. The van der Waals surface area contributed by atoms with Crippen LogP contribution in [0.15, 0.2) is 48.5 Å². The van der Waals surface area contributed by atoms with Crippen molar-refractivity contribution in [1.82, 2.24) is 0 Å². The molecule has 0 unspecified atom stereocenters. The number of amides is 1. The molecule has 4 nitrogen and oxygen atoms in total. The van der Waals surface area contributed by atoms with Crippen LogP contribution in [0.2, 0.25) is 5.02 Å². The summed E-state index contributed by atoms with van der Waals surface area (Å²) in [5.41, 5.74) is 1.62. The minimum absolute atomic E-state index is 0.0959. The first-order chi connectivity index (χ1) is 14.0. The van der Waals surface area contributed by atoms with Crippen molar-refractivity contribution in [2.24, 2.45) is 11.3 Å². The van der Waals surface area contributed by atoms with Crippen molar-refractivity contribution in [3.63, 3.8) is 0 Å². The number of benzene rings is 2. The average Bonchev–Trinajstić information content (AvgIpc) is 3.03. The molecule has 0 bridgehead atoms. The summed E-state index contributed by atoms with van der Waals surface area (Å²) in [6.07, 6.45) is 4.84. The monoisotopic (exact) mass is 406 g/mol. The number of carbonyl (C=O) groups is 2. The Morgan fingerprint density at radius 3 is 2.83 bits per heavy atom. The van der Waals surface area contributed by atoms with Crippen LogP contribution in [-0.2, 0) is 4.79 Å². The zero-order valence-electron chi connectivity index (χ0n) is 16.2. The molecule has 2 aromatic carbocycles. The predicted molar refractivity (Wildman–Crippen MR) is 113 cm³/mol. The summed E-state index contributed by atoms with van der Waals surface area (Å²) in [6, 6.07) is 16.5. The molecule has 1 spiro atoms. The molecule has 2 aliphatic rings. The maximum absolute atomic E-state index is 13.4. The van der Waals surface area contributed by atoms with Gasteiger partial charge in [-0.1, -0.05) is 36.2 Å². The zero-order valence-corrected chi connectivity index (χ0v) is 17.0. The molecule has 4 rings (SSSR count). The Kier molecular flexibility index (Phi) is 5.43. The molecule has 0 aromatic heterocycles. The van der Waals surface area contributed by atoms with Crippen LogP contribution in [0.4, 0.5) is 5.69 Å². The van der Waals surface area contributed by atoms with E-state index in [4.69, 9.17) is 16.9 Å². The number of ketones is 1. The zero-order chi connectivity index (χ0) is 20.4. The molecule has 2 fully saturated rings. The number of anilines is 1. The van der Waals surface area contributed by atoms with Gasteiger partial charge in [0.2, 0.25) is 5.91 Å². The van der Waals surface area contributed by atoms with E-state index in [2.05, 4.69) is 6.07 Å². The Balaban J connectivity index is 1.48. The first kappa shape index (κ1) is 19.7. The second kappa shape index (κ2) is 8.00. The minimum atomic E-state index is -0.375. The fourth-order valence-electron chi connectivity index (χ4n) is 4.93. The van der Waals surface area contributed by atoms with Crippen molar-refractivity contribution in [3.8, 4) is 6.07 Å². The molecule has 2 atom stereocenters. The first-order valence-corrected chi connectivity index (χ1v) is 10.5. The van der Waals surface area contributed by atoms with Crippen LogP contribution in [0.5, 0.6) is 0 Å². The van der Waals surface area contributed by atoms with Gasteiger partial charge in [0.1, 0.15) is 0 Å². The smallest absolute Gasteiger partial charge is 0.233 e. The average molecular weight is 407 g/mol. The summed E-state index contributed by atoms with van der Waals surface area (Å²) in [7, 11) is 0. The van der Waals surface area contributed by atoms with Crippen LogP contribution >= 0.6 is 11.6 Å². The van der Waals surface area contributed by atoms with Crippen LogP contribution < -0.4 is 4.90 Å². The van der Waals surface area contributed by atoms with E-state index in [1.165, 1.54) is 0 Å². The van der Waals surface area contributed by atoms with E-state index < -0.39 is 0 Å². The van der Waals surface area contributed by atoms with Crippen molar-refractivity contribution in [3.05, 3.63) is 64.7 Å². The summed E-state index contributed by atoms with van der Waals surface area (Å²) < 4.78 is 0. The maximum Gasteiger partial charge on any atom is 0.233 e. The lowest BCUT2D eigenvalue weighted by Gasteiger charge is -2.36. The van der Waals surface area contributed by atoms with Gasteiger partial charge in [0.25, 0.3) is 0 Å².